The van der Waals surface area contributed by atoms with Gasteiger partial charge in [0.15, 0.2) is 0 Å². The molecule has 0 unspecified atom stereocenters. The van der Waals surface area contributed by atoms with Gasteiger partial charge in [0.2, 0.25) is 0 Å². The third-order valence-electron chi connectivity index (χ3n) is 9.93. The Morgan fingerprint density at radius 3 is 1.41 bits per heavy atom. The molecule has 0 amide bonds. The van der Waals surface area contributed by atoms with Crippen LogP contribution in [-0.4, -0.2) is 33.3 Å². The van der Waals surface area contributed by atoms with Gasteiger partial charge in [-0.05, 0) is 121 Å². The second-order valence-electron chi connectivity index (χ2n) is 14.1. The lowest BCUT2D eigenvalue weighted by molar-refractivity contribution is 0.0599. The SMILES string of the molecule is COC(=O)c1cccc(-c2ccc(C)n2-c2cc(Cl)ccc2OCc2ccccc2)c1.Cc1ccc(-c2cccc(C(=O)O)c2)n1-c1cc(Cl)ccc1OCc1ccccc1. The summed E-state index contributed by atoms with van der Waals surface area (Å²) in [6, 6.07) is 53.4. The smallest absolute Gasteiger partial charge is 0.337 e. The van der Waals surface area contributed by atoms with Crippen molar-refractivity contribution < 1.29 is 28.9 Å². The van der Waals surface area contributed by atoms with Crippen molar-refractivity contribution >= 4 is 35.1 Å². The first kappa shape index (κ1) is 42.1. The van der Waals surface area contributed by atoms with E-state index in [0.29, 0.717) is 34.6 Å². The summed E-state index contributed by atoms with van der Waals surface area (Å²) in [6.45, 7) is 4.89. The van der Waals surface area contributed by atoms with E-state index in [-0.39, 0.29) is 11.5 Å². The van der Waals surface area contributed by atoms with E-state index in [1.165, 1.54) is 7.11 Å². The number of carbonyl (C=O) groups is 2. The summed E-state index contributed by atoms with van der Waals surface area (Å²) in [5.74, 6) is 0.0868. The van der Waals surface area contributed by atoms with E-state index in [0.717, 1.165) is 62.2 Å². The molecule has 61 heavy (non-hydrogen) atoms. The van der Waals surface area contributed by atoms with E-state index in [1.807, 2.05) is 158 Å². The summed E-state index contributed by atoms with van der Waals surface area (Å²) < 4.78 is 21.3. The minimum absolute atomic E-state index is 0.240. The van der Waals surface area contributed by atoms with Gasteiger partial charge in [-0.25, -0.2) is 9.59 Å². The molecule has 306 valence electrons. The molecule has 0 aliphatic rings. The predicted octanol–water partition coefficient (Wildman–Crippen LogP) is 12.9. The van der Waals surface area contributed by atoms with Crippen LogP contribution in [0.1, 0.15) is 43.2 Å². The molecule has 0 saturated carbocycles. The largest absolute Gasteiger partial charge is 0.487 e. The average molecular weight is 850 g/mol. The van der Waals surface area contributed by atoms with Gasteiger partial charge < -0.3 is 28.5 Å². The first-order valence-corrected chi connectivity index (χ1v) is 20.2. The van der Waals surface area contributed by atoms with Crippen molar-refractivity contribution in [2.24, 2.45) is 0 Å². The van der Waals surface area contributed by atoms with Gasteiger partial charge in [0.25, 0.3) is 0 Å². The summed E-state index contributed by atoms with van der Waals surface area (Å²) in [6.07, 6.45) is 0. The number of aromatic nitrogens is 2. The number of carbonyl (C=O) groups excluding carboxylic acids is 1. The fourth-order valence-electron chi connectivity index (χ4n) is 6.95. The molecule has 10 heteroatoms. The molecule has 8 rings (SSSR count). The lowest BCUT2D eigenvalue weighted by Crippen LogP contribution is -2.05. The molecule has 8 aromatic rings. The molecule has 2 aromatic heterocycles. The molecular formula is C51H42Cl2N2O6. The number of aromatic carboxylic acids is 1. The number of methoxy groups -OCH3 is 1. The molecule has 0 saturated heterocycles. The Bertz CT molecular complexity index is 2800. The van der Waals surface area contributed by atoms with Gasteiger partial charge in [0.05, 0.1) is 41.0 Å². The number of carboxylic acid groups (broad SMARTS) is 1. The Balaban J connectivity index is 0.000000184. The summed E-state index contributed by atoms with van der Waals surface area (Å²) in [7, 11) is 1.38. The number of benzene rings is 6. The van der Waals surface area contributed by atoms with Crippen molar-refractivity contribution in [2.45, 2.75) is 27.1 Å². The van der Waals surface area contributed by atoms with Gasteiger partial charge in [-0.3, -0.25) is 0 Å². The molecule has 0 spiro atoms. The van der Waals surface area contributed by atoms with Crippen LogP contribution in [0.3, 0.4) is 0 Å². The molecule has 6 aromatic carbocycles. The van der Waals surface area contributed by atoms with Gasteiger partial charge in [-0.2, -0.15) is 0 Å². The van der Waals surface area contributed by atoms with E-state index in [2.05, 4.69) is 4.57 Å². The molecule has 8 nitrogen and oxygen atoms in total. The first-order chi connectivity index (χ1) is 29.6. The molecule has 0 bridgehead atoms. The highest BCUT2D eigenvalue weighted by Gasteiger charge is 2.18. The number of halogens is 2. The zero-order chi connectivity index (χ0) is 42.9. The van der Waals surface area contributed by atoms with E-state index in [1.54, 1.807) is 30.3 Å². The molecule has 1 N–H and O–H groups in total. The van der Waals surface area contributed by atoms with Gasteiger partial charge in [-0.1, -0.05) is 108 Å². The van der Waals surface area contributed by atoms with Crippen LogP contribution < -0.4 is 9.47 Å². The number of nitrogens with zero attached hydrogens (tertiary/aromatic N) is 2. The fraction of sp³-hybridized carbons (Fsp3) is 0.0980. The highest BCUT2D eigenvalue weighted by Crippen LogP contribution is 2.36. The van der Waals surface area contributed by atoms with Gasteiger partial charge in [0, 0.05) is 21.4 Å². The van der Waals surface area contributed by atoms with Gasteiger partial charge in [0.1, 0.15) is 24.7 Å². The van der Waals surface area contributed by atoms with Crippen molar-refractivity contribution in [2.75, 3.05) is 7.11 Å². The van der Waals surface area contributed by atoms with Gasteiger partial charge in [-0.15, -0.1) is 0 Å². The summed E-state index contributed by atoms with van der Waals surface area (Å²) >= 11 is 12.7. The first-order valence-electron chi connectivity index (χ1n) is 19.4. The van der Waals surface area contributed by atoms with Crippen LogP contribution in [0.4, 0.5) is 0 Å². The number of aryl methyl sites for hydroxylation is 2. The lowest BCUT2D eigenvalue weighted by atomic mass is 10.1. The molecular weight excluding hydrogens is 807 g/mol. The number of esters is 1. The second-order valence-corrected chi connectivity index (χ2v) is 15.0. The molecule has 0 aliphatic heterocycles. The predicted molar refractivity (Wildman–Crippen MR) is 242 cm³/mol. The molecule has 0 fully saturated rings. The van der Waals surface area contributed by atoms with E-state index in [9.17, 15) is 14.7 Å². The van der Waals surface area contributed by atoms with Gasteiger partial charge >= 0.3 is 11.9 Å². The average Bonchev–Trinajstić information content (AvgIpc) is 3.87. The van der Waals surface area contributed by atoms with Crippen LogP contribution in [0.25, 0.3) is 33.9 Å². The maximum Gasteiger partial charge on any atom is 0.337 e. The normalized spacial score (nSPS) is 10.7. The van der Waals surface area contributed by atoms with Crippen LogP contribution in [-0.2, 0) is 18.0 Å². The molecule has 0 atom stereocenters. The quantitative estimate of drug-likeness (QED) is 0.123. The Kier molecular flexibility index (Phi) is 13.4. The standard InChI is InChI=1S/C26H22ClNO3.C25H20ClNO3/c1-18-11-13-23(20-9-6-10-21(15-20)26(29)30-2)28(18)24-16-22(27)12-14-25(24)31-17-19-7-4-3-5-8-19;1-17-10-12-22(19-8-5-9-20(14-19)25(28)29)27(17)23-15-21(26)11-13-24(23)30-16-18-6-3-2-4-7-18/h3-16H,17H2,1-2H3;2-15H,16H2,1H3,(H,28,29). The van der Waals surface area contributed by atoms with Crippen molar-refractivity contribution in [3.05, 3.63) is 214 Å². The maximum absolute atomic E-state index is 12.0. The molecule has 2 heterocycles. The van der Waals surface area contributed by atoms with Crippen LogP contribution >= 0.6 is 23.2 Å². The molecule has 0 radical (unpaired) electrons. The topological polar surface area (TPSA) is 91.9 Å². The highest BCUT2D eigenvalue weighted by molar-refractivity contribution is 6.31. The summed E-state index contributed by atoms with van der Waals surface area (Å²) in [5.41, 5.74) is 10.0. The zero-order valence-electron chi connectivity index (χ0n) is 33.7. The minimum atomic E-state index is -0.957. The summed E-state index contributed by atoms with van der Waals surface area (Å²) in [5, 5.41) is 10.6. The number of carboxylic acids is 1. The number of ether oxygens (including phenoxy) is 3. The lowest BCUT2D eigenvalue weighted by Gasteiger charge is -2.18. The van der Waals surface area contributed by atoms with Crippen LogP contribution in [0, 0.1) is 13.8 Å². The van der Waals surface area contributed by atoms with Crippen molar-refractivity contribution in [1.82, 2.24) is 9.13 Å². The third-order valence-corrected chi connectivity index (χ3v) is 10.4. The van der Waals surface area contributed by atoms with Crippen molar-refractivity contribution in [1.29, 1.82) is 0 Å². The monoisotopic (exact) mass is 848 g/mol. The fourth-order valence-corrected chi connectivity index (χ4v) is 7.28. The van der Waals surface area contributed by atoms with Crippen LogP contribution in [0.5, 0.6) is 11.5 Å². The summed E-state index contributed by atoms with van der Waals surface area (Å²) in [4.78, 5) is 23.4. The zero-order valence-corrected chi connectivity index (χ0v) is 35.2. The molecule has 0 aliphatic carbocycles. The highest BCUT2D eigenvalue weighted by atomic mass is 35.5. The van der Waals surface area contributed by atoms with Crippen LogP contribution in [0.2, 0.25) is 10.0 Å². The third kappa shape index (κ3) is 10.1. The Morgan fingerprint density at radius 2 is 0.967 bits per heavy atom. The Hall–Kier alpha value is -7.00. The number of hydrogen-bond donors (Lipinski definition) is 1. The number of hydrogen-bond acceptors (Lipinski definition) is 5. The van der Waals surface area contributed by atoms with E-state index >= 15 is 0 Å². The van der Waals surface area contributed by atoms with E-state index in [4.69, 9.17) is 37.4 Å². The van der Waals surface area contributed by atoms with Crippen molar-refractivity contribution in [3.63, 3.8) is 0 Å². The Labute approximate surface area is 364 Å². The number of rotatable bonds is 12. The Morgan fingerprint density at radius 1 is 0.525 bits per heavy atom. The second kappa shape index (κ2) is 19.4. The minimum Gasteiger partial charge on any atom is -0.487 e. The van der Waals surface area contributed by atoms with Crippen molar-refractivity contribution in [3.8, 4) is 45.4 Å². The maximum atomic E-state index is 12.0. The van der Waals surface area contributed by atoms with Crippen LogP contribution in [0.15, 0.2) is 170 Å². The van der Waals surface area contributed by atoms with E-state index < -0.39 is 5.97 Å².